The Bertz CT molecular complexity index is 466. The van der Waals surface area contributed by atoms with Gasteiger partial charge in [-0.2, -0.15) is 0 Å². The van der Waals surface area contributed by atoms with Crippen molar-refractivity contribution in [3.05, 3.63) is 29.8 Å². The fraction of sp³-hybridized carbons (Fsp3) is 0.385. The molecule has 4 N–H and O–H groups in total. The zero-order chi connectivity index (χ0) is 13.7. The van der Waals surface area contributed by atoms with Gasteiger partial charge in [-0.15, -0.1) is 11.8 Å². The van der Waals surface area contributed by atoms with Crippen molar-refractivity contribution in [3.8, 4) is 0 Å². The lowest BCUT2D eigenvalue weighted by atomic mass is 10.1. The molecule has 0 radical (unpaired) electrons. The van der Waals surface area contributed by atoms with Crippen LogP contribution in [0.2, 0.25) is 0 Å². The van der Waals surface area contributed by atoms with Crippen LogP contribution < -0.4 is 11.1 Å². The summed E-state index contributed by atoms with van der Waals surface area (Å²) in [5.74, 6) is 0.248. The molecule has 0 saturated heterocycles. The van der Waals surface area contributed by atoms with Gasteiger partial charge in [0.15, 0.2) is 0 Å². The first kappa shape index (κ1) is 13.7. The van der Waals surface area contributed by atoms with E-state index in [4.69, 9.17) is 10.9 Å². The molecule has 0 aromatic heterocycles. The minimum Gasteiger partial charge on any atom is -0.409 e. The van der Waals surface area contributed by atoms with Crippen molar-refractivity contribution in [3.63, 3.8) is 0 Å². The van der Waals surface area contributed by atoms with Gasteiger partial charge in [-0.05, 0) is 24.5 Å². The van der Waals surface area contributed by atoms with Gasteiger partial charge in [0, 0.05) is 17.9 Å². The third-order valence-corrected chi connectivity index (χ3v) is 4.29. The van der Waals surface area contributed by atoms with Crippen molar-refractivity contribution in [1.29, 1.82) is 0 Å². The SMILES string of the molecule is NC(CCCNC(=O)C1Cc2ccccc2S1)=NO. The Morgan fingerprint density at radius 3 is 3.05 bits per heavy atom. The van der Waals surface area contributed by atoms with E-state index in [0.717, 1.165) is 6.42 Å². The number of oxime groups is 1. The van der Waals surface area contributed by atoms with Crippen molar-refractivity contribution in [2.75, 3.05) is 6.54 Å². The number of thioether (sulfide) groups is 1. The summed E-state index contributed by atoms with van der Waals surface area (Å²) < 4.78 is 0. The van der Waals surface area contributed by atoms with Crippen molar-refractivity contribution < 1.29 is 10.0 Å². The summed E-state index contributed by atoms with van der Waals surface area (Å²) in [6.07, 6.45) is 1.94. The average molecular weight is 279 g/mol. The molecule has 2 rings (SSSR count). The van der Waals surface area contributed by atoms with E-state index in [0.29, 0.717) is 19.4 Å². The zero-order valence-electron chi connectivity index (χ0n) is 10.5. The number of nitrogens with one attached hydrogen (secondary N) is 1. The summed E-state index contributed by atoms with van der Waals surface area (Å²) in [5.41, 5.74) is 6.59. The number of carbonyl (C=O) groups is 1. The number of hydrogen-bond donors (Lipinski definition) is 3. The standard InChI is InChI=1S/C13H17N3O2S/c14-12(16-18)6-3-7-15-13(17)11-8-9-4-1-2-5-10(9)19-11/h1-2,4-5,11,18H,3,6-8H2,(H2,14,16)(H,15,17). The molecule has 1 aliphatic rings. The molecule has 1 amide bonds. The third-order valence-electron chi connectivity index (χ3n) is 2.98. The van der Waals surface area contributed by atoms with Crippen LogP contribution in [0.4, 0.5) is 0 Å². The lowest BCUT2D eigenvalue weighted by Crippen LogP contribution is -2.33. The van der Waals surface area contributed by atoms with E-state index in [-0.39, 0.29) is 17.0 Å². The number of nitrogens with two attached hydrogens (primary N) is 1. The molecule has 19 heavy (non-hydrogen) atoms. The Balaban J connectivity index is 1.74. The minimum atomic E-state index is -0.0405. The van der Waals surface area contributed by atoms with Crippen LogP contribution in [-0.4, -0.2) is 28.7 Å². The maximum Gasteiger partial charge on any atom is 0.233 e. The molecule has 5 nitrogen and oxygen atoms in total. The van der Waals surface area contributed by atoms with Gasteiger partial charge in [0.25, 0.3) is 0 Å². The van der Waals surface area contributed by atoms with E-state index < -0.39 is 0 Å². The molecule has 0 saturated carbocycles. The number of benzene rings is 1. The number of amides is 1. The summed E-state index contributed by atoms with van der Waals surface area (Å²) in [6, 6.07) is 8.10. The van der Waals surface area contributed by atoms with Gasteiger partial charge in [0.1, 0.15) is 5.84 Å². The molecule has 1 aromatic rings. The van der Waals surface area contributed by atoms with Crippen molar-refractivity contribution >= 4 is 23.5 Å². The minimum absolute atomic E-state index is 0.0405. The van der Waals surface area contributed by atoms with E-state index in [2.05, 4.69) is 16.5 Å². The number of hydrogen-bond acceptors (Lipinski definition) is 4. The highest BCUT2D eigenvalue weighted by Crippen LogP contribution is 2.36. The first-order valence-corrected chi connectivity index (χ1v) is 7.07. The second-order valence-corrected chi connectivity index (χ2v) is 5.65. The summed E-state index contributed by atoms with van der Waals surface area (Å²) in [7, 11) is 0. The average Bonchev–Trinajstić information content (AvgIpc) is 2.87. The zero-order valence-corrected chi connectivity index (χ0v) is 11.3. The number of amidine groups is 1. The Kier molecular flexibility index (Phi) is 4.68. The van der Waals surface area contributed by atoms with Gasteiger partial charge < -0.3 is 16.3 Å². The topological polar surface area (TPSA) is 87.7 Å². The van der Waals surface area contributed by atoms with Gasteiger partial charge in [-0.1, -0.05) is 23.4 Å². The number of fused-ring (bicyclic) bond motifs is 1. The van der Waals surface area contributed by atoms with Gasteiger partial charge in [0.2, 0.25) is 5.91 Å². The molecular formula is C13H17N3O2S. The first-order chi connectivity index (χ1) is 9.20. The van der Waals surface area contributed by atoms with Gasteiger partial charge in [-0.3, -0.25) is 4.79 Å². The van der Waals surface area contributed by atoms with E-state index >= 15 is 0 Å². The Morgan fingerprint density at radius 1 is 1.53 bits per heavy atom. The molecule has 102 valence electrons. The fourth-order valence-corrected chi connectivity index (χ4v) is 3.19. The van der Waals surface area contributed by atoms with Gasteiger partial charge >= 0.3 is 0 Å². The summed E-state index contributed by atoms with van der Waals surface area (Å²) >= 11 is 1.61. The fourth-order valence-electron chi connectivity index (χ4n) is 1.97. The molecule has 1 unspecified atom stereocenters. The van der Waals surface area contributed by atoms with Gasteiger partial charge in [0.05, 0.1) is 5.25 Å². The molecule has 0 fully saturated rings. The van der Waals surface area contributed by atoms with Crippen LogP contribution in [0.5, 0.6) is 0 Å². The molecule has 0 aliphatic carbocycles. The van der Waals surface area contributed by atoms with E-state index in [9.17, 15) is 4.79 Å². The summed E-state index contributed by atoms with van der Waals surface area (Å²) in [5, 5.41) is 14.1. The highest BCUT2D eigenvalue weighted by atomic mass is 32.2. The summed E-state index contributed by atoms with van der Waals surface area (Å²) in [6.45, 7) is 0.544. The highest BCUT2D eigenvalue weighted by molar-refractivity contribution is 8.01. The molecule has 1 atom stereocenters. The van der Waals surface area contributed by atoms with E-state index in [1.165, 1.54) is 10.5 Å². The Hall–Kier alpha value is -1.69. The van der Waals surface area contributed by atoms with Crippen molar-refractivity contribution in [2.45, 2.75) is 29.4 Å². The van der Waals surface area contributed by atoms with Crippen molar-refractivity contribution in [2.24, 2.45) is 10.9 Å². The maximum atomic E-state index is 12.0. The monoisotopic (exact) mass is 279 g/mol. The maximum absolute atomic E-state index is 12.0. The van der Waals surface area contributed by atoms with Crippen molar-refractivity contribution in [1.82, 2.24) is 5.32 Å². The quantitative estimate of drug-likeness (QED) is 0.249. The predicted molar refractivity (Wildman–Crippen MR) is 75.4 cm³/mol. The second kappa shape index (κ2) is 6.47. The number of nitrogens with zero attached hydrogens (tertiary/aromatic N) is 1. The third kappa shape index (κ3) is 3.64. The normalized spacial score (nSPS) is 18.1. The van der Waals surface area contributed by atoms with Crippen LogP contribution in [0.3, 0.4) is 0 Å². The molecule has 1 aliphatic heterocycles. The predicted octanol–water partition coefficient (Wildman–Crippen LogP) is 1.35. The smallest absolute Gasteiger partial charge is 0.233 e. The van der Waals surface area contributed by atoms with Crippen LogP contribution in [0.25, 0.3) is 0 Å². The summed E-state index contributed by atoms with van der Waals surface area (Å²) in [4.78, 5) is 13.2. The van der Waals surface area contributed by atoms with E-state index in [1.807, 2.05) is 18.2 Å². The number of carbonyl (C=O) groups excluding carboxylic acids is 1. The van der Waals surface area contributed by atoms with Crippen LogP contribution in [-0.2, 0) is 11.2 Å². The molecule has 0 spiro atoms. The second-order valence-electron chi connectivity index (χ2n) is 4.40. The lowest BCUT2D eigenvalue weighted by Gasteiger charge is -2.09. The molecule has 6 heteroatoms. The lowest BCUT2D eigenvalue weighted by molar-refractivity contribution is -0.120. The molecule has 1 aromatic carbocycles. The van der Waals surface area contributed by atoms with Crippen LogP contribution in [0.15, 0.2) is 34.3 Å². The number of rotatable bonds is 5. The van der Waals surface area contributed by atoms with E-state index in [1.54, 1.807) is 11.8 Å². The van der Waals surface area contributed by atoms with Gasteiger partial charge in [-0.25, -0.2) is 0 Å². The molecular weight excluding hydrogens is 262 g/mol. The largest absolute Gasteiger partial charge is 0.409 e. The van der Waals surface area contributed by atoms with Crippen LogP contribution >= 0.6 is 11.8 Å². The molecule has 0 bridgehead atoms. The Morgan fingerprint density at radius 2 is 2.32 bits per heavy atom. The molecule has 1 heterocycles. The first-order valence-electron chi connectivity index (χ1n) is 6.19. The van der Waals surface area contributed by atoms with Crippen LogP contribution in [0, 0.1) is 0 Å². The highest BCUT2D eigenvalue weighted by Gasteiger charge is 2.27. The Labute approximate surface area is 116 Å². The van der Waals surface area contributed by atoms with Crippen LogP contribution in [0.1, 0.15) is 18.4 Å².